The van der Waals surface area contributed by atoms with Crippen molar-refractivity contribution in [1.29, 1.82) is 0 Å². The zero-order valence-corrected chi connectivity index (χ0v) is 22.7. The van der Waals surface area contributed by atoms with Crippen LogP contribution in [0.4, 0.5) is 5.69 Å². The van der Waals surface area contributed by atoms with Crippen LogP contribution in [0.3, 0.4) is 0 Å². The molecule has 2 aromatic carbocycles. The van der Waals surface area contributed by atoms with E-state index in [1.807, 2.05) is 51.1 Å². The highest BCUT2D eigenvalue weighted by molar-refractivity contribution is 6.02. The van der Waals surface area contributed by atoms with E-state index < -0.39 is 29.1 Å². The second-order valence-corrected chi connectivity index (χ2v) is 11.0. The first-order chi connectivity index (χ1) is 18.7. The highest BCUT2D eigenvalue weighted by atomic mass is 16.5. The first kappa shape index (κ1) is 27.1. The third-order valence-corrected chi connectivity index (χ3v) is 8.64. The molecule has 3 heterocycles. The Labute approximate surface area is 228 Å². The number of hydrogen-bond acceptors (Lipinski definition) is 6. The molecule has 2 bridgehead atoms. The maximum Gasteiger partial charge on any atom is 0.246 e. The highest BCUT2D eigenvalue weighted by Crippen LogP contribution is 2.65. The van der Waals surface area contributed by atoms with E-state index in [1.165, 1.54) is 4.90 Å². The number of benzene rings is 2. The molecule has 3 saturated heterocycles. The maximum absolute atomic E-state index is 14.0. The number of aliphatic hydroxyl groups excluding tert-OH is 1. The van der Waals surface area contributed by atoms with Crippen molar-refractivity contribution in [1.82, 2.24) is 10.2 Å². The summed E-state index contributed by atoms with van der Waals surface area (Å²) in [6.45, 7) is 6.75. The van der Waals surface area contributed by atoms with E-state index in [1.54, 1.807) is 24.3 Å². The standard InChI is InChI=1S/C30H37N3O6/c1-4-38-22-13-11-21(12-14-22)32-26(35)23-24-28(37)33(15-8-16-34)25(30(24)17-19(2)29(23,3)39-30)27(36)31-18-20-9-6-5-7-10-20/h5-7,9-14,19,23-25,34H,4,8,15-18H2,1-3H3,(H,31,36)(H,32,35)/t19?,23-,24+,25?,29+,30?/m1/s1. The summed E-state index contributed by atoms with van der Waals surface area (Å²) < 4.78 is 12.2. The van der Waals surface area contributed by atoms with Gasteiger partial charge in [-0.15, -0.1) is 0 Å². The van der Waals surface area contributed by atoms with Crippen molar-refractivity contribution in [3.8, 4) is 5.75 Å². The molecule has 5 rings (SSSR count). The fourth-order valence-corrected chi connectivity index (χ4v) is 6.82. The Hall–Kier alpha value is -3.43. The number of nitrogens with zero attached hydrogens (tertiary/aromatic N) is 1. The summed E-state index contributed by atoms with van der Waals surface area (Å²) in [4.78, 5) is 43.1. The van der Waals surface area contributed by atoms with Crippen molar-refractivity contribution >= 4 is 23.4 Å². The third kappa shape index (κ3) is 4.57. The predicted molar refractivity (Wildman–Crippen MR) is 145 cm³/mol. The lowest BCUT2D eigenvalue weighted by Crippen LogP contribution is -2.55. The lowest BCUT2D eigenvalue weighted by atomic mass is 9.62. The van der Waals surface area contributed by atoms with Gasteiger partial charge in [-0.3, -0.25) is 14.4 Å². The van der Waals surface area contributed by atoms with Crippen LogP contribution in [-0.2, 0) is 25.7 Å². The molecule has 0 aromatic heterocycles. The molecule has 0 radical (unpaired) electrons. The maximum atomic E-state index is 14.0. The highest BCUT2D eigenvalue weighted by Gasteiger charge is 2.79. The van der Waals surface area contributed by atoms with Crippen molar-refractivity contribution in [3.63, 3.8) is 0 Å². The van der Waals surface area contributed by atoms with Crippen LogP contribution in [-0.4, -0.2) is 64.7 Å². The van der Waals surface area contributed by atoms with Crippen molar-refractivity contribution in [3.05, 3.63) is 60.2 Å². The molecule has 39 heavy (non-hydrogen) atoms. The summed E-state index contributed by atoms with van der Waals surface area (Å²) in [6.07, 6.45) is 0.818. The number of amides is 3. The number of ether oxygens (including phenoxy) is 2. The smallest absolute Gasteiger partial charge is 0.246 e. The quantitative estimate of drug-likeness (QED) is 0.431. The number of rotatable bonds is 10. The van der Waals surface area contributed by atoms with Gasteiger partial charge < -0.3 is 30.1 Å². The lowest BCUT2D eigenvalue weighted by Gasteiger charge is -2.36. The van der Waals surface area contributed by atoms with Gasteiger partial charge in [0.15, 0.2) is 0 Å². The van der Waals surface area contributed by atoms with E-state index in [2.05, 4.69) is 10.6 Å². The van der Waals surface area contributed by atoms with Gasteiger partial charge in [-0.25, -0.2) is 0 Å². The van der Waals surface area contributed by atoms with Gasteiger partial charge in [-0.1, -0.05) is 37.3 Å². The number of carbonyl (C=O) groups excluding carboxylic acids is 3. The molecular weight excluding hydrogens is 498 g/mol. The van der Waals surface area contributed by atoms with Gasteiger partial charge in [0.2, 0.25) is 17.7 Å². The summed E-state index contributed by atoms with van der Waals surface area (Å²) in [5, 5.41) is 15.5. The van der Waals surface area contributed by atoms with Gasteiger partial charge in [0.25, 0.3) is 0 Å². The van der Waals surface area contributed by atoms with Crippen LogP contribution in [0.25, 0.3) is 0 Å². The molecule has 9 nitrogen and oxygen atoms in total. The molecule has 0 saturated carbocycles. The van der Waals surface area contributed by atoms with Gasteiger partial charge >= 0.3 is 0 Å². The van der Waals surface area contributed by atoms with Gasteiger partial charge in [-0.2, -0.15) is 0 Å². The molecule has 3 aliphatic rings. The van der Waals surface area contributed by atoms with Crippen LogP contribution in [0.2, 0.25) is 0 Å². The molecule has 6 atom stereocenters. The van der Waals surface area contributed by atoms with E-state index in [9.17, 15) is 19.5 Å². The summed E-state index contributed by atoms with van der Waals surface area (Å²) in [7, 11) is 0. The normalized spacial score (nSPS) is 30.8. The van der Waals surface area contributed by atoms with Gasteiger partial charge in [-0.05, 0) is 62.4 Å². The Kier molecular flexibility index (Phi) is 7.39. The van der Waals surface area contributed by atoms with Crippen LogP contribution in [0, 0.1) is 17.8 Å². The average molecular weight is 536 g/mol. The molecule has 2 aromatic rings. The Morgan fingerprint density at radius 1 is 1.13 bits per heavy atom. The molecule has 3 N–H and O–H groups in total. The number of aliphatic hydroxyl groups is 1. The zero-order valence-electron chi connectivity index (χ0n) is 22.7. The van der Waals surface area contributed by atoms with Crippen LogP contribution < -0.4 is 15.4 Å². The van der Waals surface area contributed by atoms with E-state index in [4.69, 9.17) is 9.47 Å². The van der Waals surface area contributed by atoms with Crippen LogP contribution in [0.15, 0.2) is 54.6 Å². The minimum atomic E-state index is -1.12. The first-order valence-corrected chi connectivity index (χ1v) is 13.7. The largest absolute Gasteiger partial charge is 0.494 e. The van der Waals surface area contributed by atoms with Gasteiger partial charge in [0, 0.05) is 25.4 Å². The average Bonchev–Trinajstić information content (AvgIpc) is 3.44. The number of nitrogens with one attached hydrogen (secondary N) is 2. The molecule has 3 aliphatic heterocycles. The molecular formula is C30H37N3O6. The Balaban J connectivity index is 1.44. The Bertz CT molecular complexity index is 1220. The Morgan fingerprint density at radius 2 is 1.85 bits per heavy atom. The fraction of sp³-hybridized carbons (Fsp3) is 0.500. The number of likely N-dealkylation sites (tertiary alicyclic amines) is 1. The summed E-state index contributed by atoms with van der Waals surface area (Å²) in [5.41, 5.74) is -0.495. The third-order valence-electron chi connectivity index (χ3n) is 8.64. The van der Waals surface area contributed by atoms with Crippen LogP contribution >= 0.6 is 0 Å². The van der Waals surface area contributed by atoms with Crippen molar-refractivity contribution in [2.24, 2.45) is 17.8 Å². The fourth-order valence-electron chi connectivity index (χ4n) is 6.82. The summed E-state index contributed by atoms with van der Waals surface area (Å²) >= 11 is 0. The van der Waals surface area contributed by atoms with E-state index >= 15 is 0 Å². The van der Waals surface area contributed by atoms with Gasteiger partial charge in [0.1, 0.15) is 17.4 Å². The summed E-state index contributed by atoms with van der Waals surface area (Å²) in [6, 6.07) is 15.8. The molecule has 3 fully saturated rings. The molecule has 3 amide bonds. The number of fused-ring (bicyclic) bond motifs is 1. The van der Waals surface area contributed by atoms with E-state index in [0.717, 1.165) is 5.56 Å². The predicted octanol–water partition coefficient (Wildman–Crippen LogP) is 2.73. The zero-order chi connectivity index (χ0) is 27.8. The first-order valence-electron chi connectivity index (χ1n) is 13.7. The number of carbonyl (C=O) groups is 3. The second-order valence-electron chi connectivity index (χ2n) is 11.0. The minimum absolute atomic E-state index is 0.0557. The topological polar surface area (TPSA) is 117 Å². The lowest BCUT2D eigenvalue weighted by molar-refractivity contribution is -0.146. The molecule has 208 valence electrons. The number of anilines is 1. The van der Waals surface area contributed by atoms with Crippen molar-refractivity contribution in [2.75, 3.05) is 25.1 Å². The molecule has 0 aliphatic carbocycles. The van der Waals surface area contributed by atoms with Crippen LogP contribution in [0.1, 0.15) is 39.2 Å². The SMILES string of the molecule is CCOc1ccc(NC(=O)[C@H]2[C@H]3C(=O)N(CCCO)C(C(=O)NCc4ccccc4)C34CC(C)[C@]2(C)O4)cc1. The van der Waals surface area contributed by atoms with Crippen LogP contribution in [0.5, 0.6) is 5.75 Å². The molecule has 3 unspecified atom stereocenters. The number of hydrogen-bond donors (Lipinski definition) is 3. The Morgan fingerprint density at radius 3 is 2.51 bits per heavy atom. The van der Waals surface area contributed by atoms with Crippen molar-refractivity contribution in [2.45, 2.75) is 57.4 Å². The van der Waals surface area contributed by atoms with E-state index in [0.29, 0.717) is 37.4 Å². The minimum Gasteiger partial charge on any atom is -0.494 e. The second kappa shape index (κ2) is 10.6. The molecule has 9 heteroatoms. The van der Waals surface area contributed by atoms with Gasteiger partial charge in [0.05, 0.1) is 24.0 Å². The van der Waals surface area contributed by atoms with Crippen molar-refractivity contribution < 1.29 is 29.0 Å². The summed E-state index contributed by atoms with van der Waals surface area (Å²) in [5.74, 6) is -1.81. The monoisotopic (exact) mass is 535 g/mol. The molecule has 1 spiro atoms. The van der Waals surface area contributed by atoms with E-state index in [-0.39, 0.29) is 36.8 Å².